The van der Waals surface area contributed by atoms with Crippen molar-refractivity contribution >= 4 is 5.91 Å². The van der Waals surface area contributed by atoms with Crippen molar-refractivity contribution in [2.24, 2.45) is 7.05 Å². The molecule has 5 heteroatoms. The normalized spacial score (nSPS) is 24.7. The number of carbonyl (C=O) groups excluding carboxylic acids is 1. The molecule has 0 bridgehead atoms. The van der Waals surface area contributed by atoms with Gasteiger partial charge in [-0.3, -0.25) is 9.48 Å². The molecule has 1 amide bonds. The molecule has 2 atom stereocenters. The van der Waals surface area contributed by atoms with E-state index in [2.05, 4.69) is 22.7 Å². The van der Waals surface area contributed by atoms with Crippen molar-refractivity contribution in [3.8, 4) is 0 Å². The summed E-state index contributed by atoms with van der Waals surface area (Å²) in [5, 5.41) is 11.4. The zero-order valence-corrected chi connectivity index (χ0v) is 14.7. The molecule has 0 aliphatic heterocycles. The molecule has 0 unspecified atom stereocenters. The second-order valence-electron chi connectivity index (χ2n) is 7.28. The first-order valence-electron chi connectivity index (χ1n) is 9.09. The summed E-state index contributed by atoms with van der Waals surface area (Å²) in [6, 6.07) is 1.50. The number of aromatic nitrogens is 2. The lowest BCUT2D eigenvalue weighted by molar-refractivity contribution is -0.122. The van der Waals surface area contributed by atoms with Crippen LogP contribution in [0.4, 0.5) is 0 Å². The third-order valence-corrected chi connectivity index (χ3v) is 5.69. The number of hydrogen-bond donors (Lipinski definition) is 2. The first-order valence-corrected chi connectivity index (χ1v) is 9.09. The van der Waals surface area contributed by atoms with Gasteiger partial charge in [0.25, 0.3) is 0 Å². The van der Waals surface area contributed by atoms with Gasteiger partial charge in [0.2, 0.25) is 5.91 Å². The number of rotatable bonds is 6. The molecule has 2 saturated carbocycles. The van der Waals surface area contributed by atoms with Gasteiger partial charge in [-0.2, -0.15) is 5.10 Å². The number of aryl methyl sites for hydroxylation is 2. The summed E-state index contributed by atoms with van der Waals surface area (Å²) in [7, 11) is 1.96. The Morgan fingerprint density at radius 1 is 1.17 bits per heavy atom. The van der Waals surface area contributed by atoms with Crippen LogP contribution in [0.3, 0.4) is 0 Å². The molecule has 128 valence electrons. The van der Waals surface area contributed by atoms with E-state index in [9.17, 15) is 4.79 Å². The highest BCUT2D eigenvalue weighted by Gasteiger charge is 2.33. The largest absolute Gasteiger partial charge is 0.352 e. The minimum atomic E-state index is 0.176. The van der Waals surface area contributed by atoms with Gasteiger partial charge in [-0.05, 0) is 51.5 Å². The Hall–Kier alpha value is -1.36. The number of nitrogens with zero attached hydrogens (tertiary/aromatic N) is 2. The molecular weight excluding hydrogens is 288 g/mol. The van der Waals surface area contributed by atoms with Crippen LogP contribution in [0.25, 0.3) is 0 Å². The van der Waals surface area contributed by atoms with Crippen LogP contribution in [0.5, 0.6) is 0 Å². The Kier molecular flexibility index (Phi) is 5.05. The fourth-order valence-electron chi connectivity index (χ4n) is 3.96. The fraction of sp³-hybridized carbons (Fsp3) is 0.778. The SMILES string of the molecule is Cc1nn(C)c(C)c1CCC(=O)N[C@H]1CC[C@H]1NC1CCCC1. The van der Waals surface area contributed by atoms with Gasteiger partial charge in [-0.15, -0.1) is 0 Å². The molecule has 0 saturated heterocycles. The molecule has 2 aliphatic carbocycles. The molecule has 1 aromatic heterocycles. The van der Waals surface area contributed by atoms with Crippen molar-refractivity contribution in [1.82, 2.24) is 20.4 Å². The van der Waals surface area contributed by atoms with E-state index in [1.807, 2.05) is 18.7 Å². The van der Waals surface area contributed by atoms with E-state index in [-0.39, 0.29) is 5.91 Å². The van der Waals surface area contributed by atoms with E-state index in [0.717, 1.165) is 18.5 Å². The number of carbonyl (C=O) groups is 1. The molecule has 0 spiro atoms. The maximum Gasteiger partial charge on any atom is 0.220 e. The molecule has 1 heterocycles. The van der Waals surface area contributed by atoms with Crippen LogP contribution < -0.4 is 10.6 Å². The van der Waals surface area contributed by atoms with Gasteiger partial charge in [0, 0.05) is 37.3 Å². The molecular formula is C18H30N4O. The lowest BCUT2D eigenvalue weighted by Gasteiger charge is -2.39. The number of nitrogens with one attached hydrogen (secondary N) is 2. The summed E-state index contributed by atoms with van der Waals surface area (Å²) in [6.45, 7) is 4.09. The molecule has 2 fully saturated rings. The summed E-state index contributed by atoms with van der Waals surface area (Å²) >= 11 is 0. The van der Waals surface area contributed by atoms with Crippen LogP contribution in [0.2, 0.25) is 0 Å². The van der Waals surface area contributed by atoms with E-state index in [1.54, 1.807) is 0 Å². The molecule has 5 nitrogen and oxygen atoms in total. The number of amides is 1. The standard InChI is InChI=1S/C18H30N4O/c1-12-15(13(2)22(3)21-12)8-11-18(23)20-17-10-9-16(17)19-14-6-4-5-7-14/h14,16-17,19H,4-11H2,1-3H3,(H,20,23)/t16-,17+/m1/s1. The average molecular weight is 318 g/mol. The smallest absolute Gasteiger partial charge is 0.220 e. The number of hydrogen-bond acceptors (Lipinski definition) is 3. The summed E-state index contributed by atoms with van der Waals surface area (Å²) in [5.41, 5.74) is 3.43. The minimum Gasteiger partial charge on any atom is -0.352 e. The Morgan fingerprint density at radius 3 is 2.43 bits per heavy atom. The van der Waals surface area contributed by atoms with E-state index in [0.29, 0.717) is 24.5 Å². The van der Waals surface area contributed by atoms with Gasteiger partial charge >= 0.3 is 0 Å². The van der Waals surface area contributed by atoms with E-state index >= 15 is 0 Å². The summed E-state index contributed by atoms with van der Waals surface area (Å²) in [5.74, 6) is 0.176. The van der Waals surface area contributed by atoms with Crippen LogP contribution in [0.15, 0.2) is 0 Å². The zero-order valence-electron chi connectivity index (χ0n) is 14.7. The van der Waals surface area contributed by atoms with Gasteiger partial charge < -0.3 is 10.6 Å². The first-order chi connectivity index (χ1) is 11.0. The van der Waals surface area contributed by atoms with Crippen molar-refractivity contribution in [3.05, 3.63) is 17.0 Å². The van der Waals surface area contributed by atoms with Crippen LogP contribution in [0, 0.1) is 13.8 Å². The highest BCUT2D eigenvalue weighted by atomic mass is 16.1. The van der Waals surface area contributed by atoms with Crippen LogP contribution in [0.1, 0.15) is 61.9 Å². The molecule has 3 rings (SSSR count). The summed E-state index contributed by atoms with van der Waals surface area (Å²) in [4.78, 5) is 12.3. The maximum absolute atomic E-state index is 12.3. The minimum absolute atomic E-state index is 0.176. The maximum atomic E-state index is 12.3. The monoisotopic (exact) mass is 318 g/mol. The molecule has 1 aromatic rings. The Bertz CT molecular complexity index is 560. The van der Waals surface area contributed by atoms with Gasteiger partial charge in [0.1, 0.15) is 0 Å². The molecule has 23 heavy (non-hydrogen) atoms. The van der Waals surface area contributed by atoms with Crippen molar-refractivity contribution in [2.75, 3.05) is 0 Å². The van der Waals surface area contributed by atoms with Crippen molar-refractivity contribution in [1.29, 1.82) is 0 Å². The highest BCUT2D eigenvalue weighted by molar-refractivity contribution is 5.76. The summed E-state index contributed by atoms with van der Waals surface area (Å²) < 4.78 is 1.90. The van der Waals surface area contributed by atoms with Gasteiger partial charge in [-0.25, -0.2) is 0 Å². The molecule has 2 N–H and O–H groups in total. The Morgan fingerprint density at radius 2 is 1.87 bits per heavy atom. The summed E-state index contributed by atoms with van der Waals surface area (Å²) in [6.07, 6.45) is 8.96. The highest BCUT2D eigenvalue weighted by Crippen LogP contribution is 2.25. The van der Waals surface area contributed by atoms with E-state index in [1.165, 1.54) is 43.4 Å². The third kappa shape index (κ3) is 3.77. The van der Waals surface area contributed by atoms with E-state index < -0.39 is 0 Å². The third-order valence-electron chi connectivity index (χ3n) is 5.69. The second kappa shape index (κ2) is 7.04. The topological polar surface area (TPSA) is 59.0 Å². The van der Waals surface area contributed by atoms with Crippen LogP contribution >= 0.6 is 0 Å². The molecule has 2 aliphatic rings. The lowest BCUT2D eigenvalue weighted by Crippen LogP contribution is -2.58. The molecule has 0 radical (unpaired) electrons. The predicted octanol–water partition coefficient (Wildman–Crippen LogP) is 2.15. The zero-order chi connectivity index (χ0) is 16.4. The van der Waals surface area contributed by atoms with Gasteiger partial charge in [-0.1, -0.05) is 12.8 Å². The average Bonchev–Trinajstić information content (AvgIpc) is 3.09. The Balaban J connectivity index is 1.44. The Labute approximate surface area is 139 Å². The van der Waals surface area contributed by atoms with Crippen LogP contribution in [-0.4, -0.2) is 33.8 Å². The van der Waals surface area contributed by atoms with E-state index in [4.69, 9.17) is 0 Å². The van der Waals surface area contributed by atoms with Gasteiger partial charge in [0.05, 0.1) is 5.69 Å². The van der Waals surface area contributed by atoms with Crippen molar-refractivity contribution in [2.45, 2.75) is 83.3 Å². The van der Waals surface area contributed by atoms with Crippen LogP contribution in [-0.2, 0) is 18.3 Å². The second-order valence-corrected chi connectivity index (χ2v) is 7.28. The molecule has 0 aromatic carbocycles. The van der Waals surface area contributed by atoms with Gasteiger partial charge in [0.15, 0.2) is 0 Å². The quantitative estimate of drug-likeness (QED) is 0.845. The fourth-order valence-corrected chi connectivity index (χ4v) is 3.96. The lowest BCUT2D eigenvalue weighted by atomic mass is 9.85. The predicted molar refractivity (Wildman–Crippen MR) is 91.3 cm³/mol. The first kappa shape index (κ1) is 16.5. The van der Waals surface area contributed by atoms with Crippen molar-refractivity contribution in [3.63, 3.8) is 0 Å². The van der Waals surface area contributed by atoms with Crippen molar-refractivity contribution < 1.29 is 4.79 Å².